The van der Waals surface area contributed by atoms with Crippen LogP contribution in [-0.4, -0.2) is 144 Å². The largest absolute Gasteiger partial charge is 0.379 e. The molecular weight excluding hydrogens is 512 g/mol. The number of nitrogens with zero attached hydrogens (tertiary/aromatic N) is 6. The van der Waals surface area contributed by atoms with Crippen LogP contribution < -0.4 is 10.7 Å². The van der Waals surface area contributed by atoms with Crippen LogP contribution in [0, 0.1) is 0 Å². The maximum atomic E-state index is 6.91. The SMILES string of the molecule is C1=CN(C2(N3CCCN3)C(N3CCCCC3)SC(C3CCCCO3)(N3CCOCC3)N2N2CCNCC2)CC1. The molecule has 0 saturated carbocycles. The van der Waals surface area contributed by atoms with Crippen LogP contribution in [-0.2, 0) is 9.47 Å². The van der Waals surface area contributed by atoms with E-state index in [1.165, 1.54) is 51.6 Å². The van der Waals surface area contributed by atoms with Gasteiger partial charge in [-0.15, -0.1) is 0 Å². The van der Waals surface area contributed by atoms with Gasteiger partial charge in [0.15, 0.2) is 4.99 Å². The fourth-order valence-corrected chi connectivity index (χ4v) is 10.4. The molecule has 7 heterocycles. The number of hydrogen-bond acceptors (Lipinski definition) is 11. The van der Waals surface area contributed by atoms with Gasteiger partial charge < -0.3 is 19.7 Å². The summed E-state index contributed by atoms with van der Waals surface area (Å²) in [6.07, 6.45) is 14.8. The third kappa shape index (κ3) is 4.69. The van der Waals surface area contributed by atoms with Gasteiger partial charge in [0.05, 0.1) is 13.2 Å². The molecule has 10 nitrogen and oxygen atoms in total. The topological polar surface area (TPSA) is 62.0 Å². The summed E-state index contributed by atoms with van der Waals surface area (Å²) in [7, 11) is 0. The van der Waals surface area contributed by atoms with Gasteiger partial charge >= 0.3 is 0 Å². The number of nitrogens with one attached hydrogen (secondary N) is 2. The number of thioether (sulfide) groups is 1. The van der Waals surface area contributed by atoms with E-state index in [4.69, 9.17) is 9.47 Å². The molecule has 0 aromatic rings. The standard InChI is InChI=1S/C28H50N8O2S/c1-3-13-31(14-4-1)26-27(32-15-5-6-16-32,35-17-8-10-30-35)36(34-18-11-29-12-19-34)28(39-26,25-9-2-7-22-38-25)33-20-23-37-24-21-33/h5,15,25-26,29-30H,1-4,6-14,16-24H2. The Kier molecular flexibility index (Phi) is 8.44. The summed E-state index contributed by atoms with van der Waals surface area (Å²) in [5.74, 6) is -0.331. The Hall–Kier alpha value is -0.470. The van der Waals surface area contributed by atoms with Crippen LogP contribution in [0.3, 0.4) is 0 Å². The van der Waals surface area contributed by atoms with E-state index in [0.717, 1.165) is 91.6 Å². The number of hydrazine groups is 2. The average molecular weight is 563 g/mol. The predicted octanol–water partition coefficient (Wildman–Crippen LogP) is 1.31. The van der Waals surface area contributed by atoms with Crippen molar-refractivity contribution >= 4 is 11.8 Å². The monoisotopic (exact) mass is 562 g/mol. The second-order valence-corrected chi connectivity index (χ2v) is 13.4. The van der Waals surface area contributed by atoms with Crippen molar-refractivity contribution in [3.8, 4) is 0 Å². The first-order chi connectivity index (χ1) is 19.3. The van der Waals surface area contributed by atoms with E-state index in [-0.39, 0.29) is 16.9 Å². The second kappa shape index (κ2) is 12.0. The lowest BCUT2D eigenvalue weighted by Crippen LogP contribution is -2.82. The van der Waals surface area contributed by atoms with Gasteiger partial charge in [-0.05, 0) is 64.2 Å². The van der Waals surface area contributed by atoms with E-state index >= 15 is 0 Å². The molecule has 2 N–H and O–H groups in total. The van der Waals surface area contributed by atoms with Crippen molar-refractivity contribution in [2.75, 3.05) is 91.8 Å². The molecular formula is C28H50N8O2S. The number of likely N-dealkylation sites (tertiary alicyclic amines) is 1. The molecule has 0 aliphatic carbocycles. The molecule has 7 aliphatic heterocycles. The highest BCUT2D eigenvalue weighted by molar-refractivity contribution is 8.01. The number of piperidine rings is 1. The van der Waals surface area contributed by atoms with Gasteiger partial charge in [-0.2, -0.15) is 5.01 Å². The van der Waals surface area contributed by atoms with Crippen molar-refractivity contribution in [1.82, 2.24) is 40.5 Å². The summed E-state index contributed by atoms with van der Waals surface area (Å²) in [5, 5.41) is 12.3. The van der Waals surface area contributed by atoms with Gasteiger partial charge in [-0.1, -0.05) is 24.3 Å². The van der Waals surface area contributed by atoms with E-state index in [9.17, 15) is 0 Å². The quantitative estimate of drug-likeness (QED) is 0.493. The van der Waals surface area contributed by atoms with Crippen molar-refractivity contribution in [1.29, 1.82) is 0 Å². The van der Waals surface area contributed by atoms with E-state index in [0.29, 0.717) is 5.37 Å². The van der Waals surface area contributed by atoms with Crippen LogP contribution in [0.5, 0.6) is 0 Å². The minimum absolute atomic E-state index is 0.160. The van der Waals surface area contributed by atoms with Crippen molar-refractivity contribution < 1.29 is 9.47 Å². The number of ether oxygens (including phenoxy) is 2. The molecule has 0 aromatic heterocycles. The number of rotatable bonds is 6. The molecule has 0 spiro atoms. The van der Waals surface area contributed by atoms with Crippen molar-refractivity contribution in [3.63, 3.8) is 0 Å². The Morgan fingerprint density at radius 2 is 1.64 bits per heavy atom. The number of piperazine rings is 1. The summed E-state index contributed by atoms with van der Waals surface area (Å²) in [6, 6.07) is 0. The lowest BCUT2D eigenvalue weighted by atomic mass is 10.0. The van der Waals surface area contributed by atoms with Crippen LogP contribution in [0.1, 0.15) is 51.4 Å². The molecule has 220 valence electrons. The lowest BCUT2D eigenvalue weighted by molar-refractivity contribution is -0.311. The zero-order valence-electron chi connectivity index (χ0n) is 23.8. The minimum Gasteiger partial charge on any atom is -0.379 e. The van der Waals surface area contributed by atoms with Crippen LogP contribution in [0.25, 0.3) is 0 Å². The number of hydrogen-bond donors (Lipinski definition) is 2. The zero-order valence-corrected chi connectivity index (χ0v) is 24.6. The van der Waals surface area contributed by atoms with Gasteiger partial charge in [-0.25, -0.2) is 10.0 Å². The smallest absolute Gasteiger partial charge is 0.204 e. The van der Waals surface area contributed by atoms with Gasteiger partial charge in [0.25, 0.3) is 0 Å². The maximum absolute atomic E-state index is 6.91. The molecule has 7 rings (SSSR count). The molecule has 6 saturated heterocycles. The van der Waals surface area contributed by atoms with Crippen molar-refractivity contribution in [3.05, 3.63) is 12.3 Å². The summed E-state index contributed by atoms with van der Waals surface area (Å²) in [4.78, 5) is 8.09. The first kappa shape index (κ1) is 27.4. The summed E-state index contributed by atoms with van der Waals surface area (Å²) >= 11 is 2.24. The molecule has 11 heteroatoms. The first-order valence-electron chi connectivity index (χ1n) is 15.9. The van der Waals surface area contributed by atoms with Crippen molar-refractivity contribution in [2.45, 2.75) is 73.6 Å². The molecule has 0 bridgehead atoms. The fraction of sp³-hybridized carbons (Fsp3) is 0.929. The van der Waals surface area contributed by atoms with Crippen LogP contribution in [0.2, 0.25) is 0 Å². The second-order valence-electron chi connectivity index (χ2n) is 12.2. The van der Waals surface area contributed by atoms with E-state index < -0.39 is 0 Å². The normalized spacial score (nSPS) is 40.7. The number of morpholine rings is 1. The average Bonchev–Trinajstić information content (AvgIpc) is 3.80. The molecule has 7 aliphatic rings. The Morgan fingerprint density at radius 3 is 2.33 bits per heavy atom. The predicted molar refractivity (Wildman–Crippen MR) is 154 cm³/mol. The molecule has 0 aromatic carbocycles. The minimum atomic E-state index is -0.331. The van der Waals surface area contributed by atoms with Gasteiger partial charge in [-0.3, -0.25) is 15.2 Å². The molecule has 0 amide bonds. The van der Waals surface area contributed by atoms with E-state index in [1.807, 2.05) is 0 Å². The van der Waals surface area contributed by atoms with Crippen LogP contribution in [0.4, 0.5) is 0 Å². The Morgan fingerprint density at radius 1 is 0.795 bits per heavy atom. The highest BCUT2D eigenvalue weighted by Gasteiger charge is 2.73. The van der Waals surface area contributed by atoms with Crippen molar-refractivity contribution in [2.24, 2.45) is 0 Å². The molecule has 0 radical (unpaired) electrons. The summed E-state index contributed by atoms with van der Waals surface area (Å²) in [6.45, 7) is 14.1. The maximum Gasteiger partial charge on any atom is 0.204 e. The third-order valence-corrected chi connectivity index (χ3v) is 11.8. The molecule has 39 heavy (non-hydrogen) atoms. The van der Waals surface area contributed by atoms with Gasteiger partial charge in [0.2, 0.25) is 5.79 Å². The lowest BCUT2D eigenvalue weighted by Gasteiger charge is -2.62. The Labute approximate surface area is 239 Å². The highest BCUT2D eigenvalue weighted by Crippen LogP contribution is 2.60. The Balaban J connectivity index is 1.44. The summed E-state index contributed by atoms with van der Waals surface area (Å²) < 4.78 is 12.9. The first-order valence-corrected chi connectivity index (χ1v) is 16.8. The van der Waals surface area contributed by atoms with Gasteiger partial charge in [0, 0.05) is 65.5 Å². The van der Waals surface area contributed by atoms with E-state index in [1.54, 1.807) is 0 Å². The third-order valence-electron chi connectivity index (χ3n) is 9.90. The molecule has 4 atom stereocenters. The Bertz CT molecular complexity index is 819. The van der Waals surface area contributed by atoms with E-state index in [2.05, 4.69) is 64.5 Å². The molecule has 6 fully saturated rings. The zero-order chi connectivity index (χ0) is 26.1. The highest BCUT2D eigenvalue weighted by atomic mass is 32.2. The van der Waals surface area contributed by atoms with Crippen LogP contribution >= 0.6 is 11.8 Å². The fourth-order valence-electron chi connectivity index (χ4n) is 8.16. The van der Waals surface area contributed by atoms with Gasteiger partial charge in [0.1, 0.15) is 11.5 Å². The summed E-state index contributed by atoms with van der Waals surface area (Å²) in [5.41, 5.74) is 3.95. The molecule has 4 unspecified atom stereocenters. The van der Waals surface area contributed by atoms with Crippen LogP contribution in [0.15, 0.2) is 12.3 Å².